The highest BCUT2D eigenvalue weighted by Gasteiger charge is 2.31. The lowest BCUT2D eigenvalue weighted by Gasteiger charge is -2.35. The molecule has 1 aromatic carbocycles. The summed E-state index contributed by atoms with van der Waals surface area (Å²) >= 11 is 4.42. The monoisotopic (exact) mass is 330 g/mol. The van der Waals surface area contributed by atoms with E-state index in [2.05, 4.69) is 61.4 Å². The molecule has 1 saturated carbocycles. The van der Waals surface area contributed by atoms with E-state index >= 15 is 0 Å². The van der Waals surface area contributed by atoms with E-state index in [0.717, 1.165) is 30.0 Å². The molecule has 2 N–H and O–H groups in total. The average molecular weight is 330 g/mol. The van der Waals surface area contributed by atoms with E-state index in [1.807, 2.05) is 0 Å². The summed E-state index contributed by atoms with van der Waals surface area (Å²) in [7, 11) is 0. The fourth-order valence-electron chi connectivity index (χ4n) is 3.72. The van der Waals surface area contributed by atoms with Gasteiger partial charge >= 0.3 is 0 Å². The van der Waals surface area contributed by atoms with Crippen molar-refractivity contribution in [3.8, 4) is 0 Å². The van der Waals surface area contributed by atoms with Gasteiger partial charge in [-0.05, 0) is 37.2 Å². The molecule has 3 rings (SSSR count). The van der Waals surface area contributed by atoms with Crippen molar-refractivity contribution in [1.82, 2.24) is 10.6 Å². The zero-order chi connectivity index (χ0) is 16.4. The third-order valence-corrected chi connectivity index (χ3v) is 5.30. The molecule has 0 radical (unpaired) electrons. The van der Waals surface area contributed by atoms with Gasteiger partial charge in [0.15, 0.2) is 0 Å². The molecule has 1 aliphatic heterocycles. The lowest BCUT2D eigenvalue weighted by molar-refractivity contribution is -0.118. The number of hydrogen-bond donors (Lipinski definition) is 3. The number of allylic oxidation sites excluding steroid dienone is 1. The van der Waals surface area contributed by atoms with Gasteiger partial charge in [0.2, 0.25) is 0 Å². The molecule has 0 saturated heterocycles. The SMILES string of the molecule is Cc1cccc(CC2=C(C3CCC(C)CC3)NC(S)NC2=O)c1. The Morgan fingerprint density at radius 1 is 1.17 bits per heavy atom. The number of carbonyl (C=O) groups excluding carboxylic acids is 1. The highest BCUT2D eigenvalue weighted by atomic mass is 32.1. The molecule has 23 heavy (non-hydrogen) atoms. The third kappa shape index (κ3) is 3.92. The summed E-state index contributed by atoms with van der Waals surface area (Å²) in [5.74, 6) is 1.29. The summed E-state index contributed by atoms with van der Waals surface area (Å²) in [4.78, 5) is 12.6. The van der Waals surface area contributed by atoms with Crippen molar-refractivity contribution in [2.24, 2.45) is 11.8 Å². The number of hydrogen-bond acceptors (Lipinski definition) is 3. The Kier molecular flexibility index (Phi) is 5.00. The maximum absolute atomic E-state index is 12.6. The molecule has 1 fully saturated rings. The van der Waals surface area contributed by atoms with Crippen LogP contribution in [0.4, 0.5) is 0 Å². The van der Waals surface area contributed by atoms with Crippen LogP contribution >= 0.6 is 12.6 Å². The van der Waals surface area contributed by atoms with Gasteiger partial charge in [0.05, 0.1) is 0 Å². The summed E-state index contributed by atoms with van der Waals surface area (Å²) in [5, 5.41) is 6.33. The normalized spacial score (nSPS) is 28.3. The van der Waals surface area contributed by atoms with Crippen molar-refractivity contribution < 1.29 is 4.79 Å². The lowest BCUT2D eigenvalue weighted by atomic mass is 9.79. The van der Waals surface area contributed by atoms with Gasteiger partial charge in [0.25, 0.3) is 5.91 Å². The number of nitrogens with one attached hydrogen (secondary N) is 2. The number of aryl methyl sites for hydroxylation is 1. The van der Waals surface area contributed by atoms with Crippen LogP contribution in [0.3, 0.4) is 0 Å². The van der Waals surface area contributed by atoms with E-state index in [1.54, 1.807) is 0 Å². The first-order valence-corrected chi connectivity index (χ1v) is 9.08. The van der Waals surface area contributed by atoms with Crippen LogP contribution in [0.2, 0.25) is 0 Å². The van der Waals surface area contributed by atoms with Gasteiger partial charge in [0, 0.05) is 17.7 Å². The minimum Gasteiger partial charge on any atom is -0.360 e. The van der Waals surface area contributed by atoms with E-state index in [0.29, 0.717) is 12.3 Å². The van der Waals surface area contributed by atoms with Crippen molar-refractivity contribution in [2.75, 3.05) is 0 Å². The molecule has 1 unspecified atom stereocenters. The molecular formula is C19H26N2OS. The Labute approximate surface area is 144 Å². The Bertz CT molecular complexity index is 618. The highest BCUT2D eigenvalue weighted by Crippen LogP contribution is 2.35. The van der Waals surface area contributed by atoms with E-state index in [9.17, 15) is 4.79 Å². The summed E-state index contributed by atoms with van der Waals surface area (Å²) < 4.78 is 0. The zero-order valence-electron chi connectivity index (χ0n) is 13.9. The molecule has 1 amide bonds. The van der Waals surface area contributed by atoms with Gasteiger partial charge < -0.3 is 10.6 Å². The third-order valence-electron chi connectivity index (χ3n) is 5.05. The number of carbonyl (C=O) groups is 1. The molecule has 1 aliphatic carbocycles. The second-order valence-corrected chi connectivity index (χ2v) is 7.55. The maximum Gasteiger partial charge on any atom is 0.251 e. The van der Waals surface area contributed by atoms with Crippen LogP contribution in [0.15, 0.2) is 35.5 Å². The van der Waals surface area contributed by atoms with E-state index < -0.39 is 0 Å². The van der Waals surface area contributed by atoms with Crippen molar-refractivity contribution in [3.63, 3.8) is 0 Å². The molecule has 124 valence electrons. The standard InChI is InChI=1S/C19H26N2OS/c1-12-6-8-15(9-7-12)17-16(18(22)21-19(23)20-17)11-14-5-3-4-13(2)10-14/h3-5,10,12,15,19-20,23H,6-9,11H2,1-2H3,(H,21,22). The lowest BCUT2D eigenvalue weighted by Crippen LogP contribution is -2.49. The van der Waals surface area contributed by atoms with Crippen LogP contribution < -0.4 is 10.6 Å². The van der Waals surface area contributed by atoms with Crippen molar-refractivity contribution in [2.45, 2.75) is 51.4 Å². The Morgan fingerprint density at radius 3 is 2.61 bits per heavy atom. The van der Waals surface area contributed by atoms with Gasteiger partial charge in [0.1, 0.15) is 5.50 Å². The zero-order valence-corrected chi connectivity index (χ0v) is 14.8. The molecule has 3 nitrogen and oxygen atoms in total. The first-order valence-electron chi connectivity index (χ1n) is 8.57. The second-order valence-electron chi connectivity index (χ2n) is 7.04. The van der Waals surface area contributed by atoms with Crippen LogP contribution in [-0.4, -0.2) is 11.4 Å². The smallest absolute Gasteiger partial charge is 0.251 e. The fourth-order valence-corrected chi connectivity index (χ4v) is 3.98. The van der Waals surface area contributed by atoms with Crippen LogP contribution in [0, 0.1) is 18.8 Å². The molecule has 1 heterocycles. The summed E-state index contributed by atoms with van der Waals surface area (Å²) in [6.45, 7) is 4.41. The Balaban J connectivity index is 1.89. The minimum absolute atomic E-state index is 0.0267. The second kappa shape index (κ2) is 7.00. The summed E-state index contributed by atoms with van der Waals surface area (Å²) in [6, 6.07) is 8.40. The molecule has 1 atom stereocenters. The molecule has 0 spiro atoms. The predicted octanol–water partition coefficient (Wildman–Crippen LogP) is 3.55. The van der Waals surface area contributed by atoms with Crippen molar-refractivity contribution >= 4 is 18.5 Å². The molecule has 0 bridgehead atoms. The molecular weight excluding hydrogens is 304 g/mol. The maximum atomic E-state index is 12.6. The topological polar surface area (TPSA) is 41.1 Å². The number of amides is 1. The van der Waals surface area contributed by atoms with Gasteiger partial charge in [-0.2, -0.15) is 0 Å². The Morgan fingerprint density at radius 2 is 1.91 bits per heavy atom. The van der Waals surface area contributed by atoms with Crippen molar-refractivity contribution in [1.29, 1.82) is 0 Å². The van der Waals surface area contributed by atoms with Crippen molar-refractivity contribution in [3.05, 3.63) is 46.7 Å². The van der Waals surface area contributed by atoms with Gasteiger partial charge in [-0.3, -0.25) is 4.79 Å². The summed E-state index contributed by atoms with van der Waals surface area (Å²) in [6.07, 6.45) is 5.49. The molecule has 1 aromatic rings. The van der Waals surface area contributed by atoms with E-state index in [4.69, 9.17) is 0 Å². The number of thiol groups is 1. The first-order chi connectivity index (χ1) is 11.0. The van der Waals surface area contributed by atoms with Crippen LogP contribution in [-0.2, 0) is 11.2 Å². The van der Waals surface area contributed by atoms with Crippen LogP contribution in [0.25, 0.3) is 0 Å². The quantitative estimate of drug-likeness (QED) is 0.742. The molecule has 4 heteroatoms. The van der Waals surface area contributed by atoms with Gasteiger partial charge in [-0.1, -0.05) is 49.6 Å². The van der Waals surface area contributed by atoms with Crippen LogP contribution in [0.1, 0.15) is 43.7 Å². The number of rotatable bonds is 3. The van der Waals surface area contributed by atoms with Gasteiger partial charge in [-0.15, -0.1) is 12.6 Å². The van der Waals surface area contributed by atoms with Crippen LogP contribution in [0.5, 0.6) is 0 Å². The number of benzene rings is 1. The van der Waals surface area contributed by atoms with Gasteiger partial charge in [-0.25, -0.2) is 0 Å². The molecule has 0 aromatic heterocycles. The fraction of sp³-hybridized carbons (Fsp3) is 0.526. The van der Waals surface area contributed by atoms with E-state index in [1.165, 1.54) is 24.0 Å². The minimum atomic E-state index is -0.280. The summed E-state index contributed by atoms with van der Waals surface area (Å²) in [5.41, 5.74) is 4.16. The largest absolute Gasteiger partial charge is 0.360 e. The first kappa shape index (κ1) is 16.4. The van der Waals surface area contributed by atoms with E-state index in [-0.39, 0.29) is 11.4 Å². The highest BCUT2D eigenvalue weighted by molar-refractivity contribution is 7.80. The molecule has 2 aliphatic rings. The Hall–Kier alpha value is -1.42. The average Bonchev–Trinajstić information content (AvgIpc) is 2.51. The predicted molar refractivity (Wildman–Crippen MR) is 97.1 cm³/mol.